The molecule has 1 aromatic rings. The van der Waals surface area contributed by atoms with Crippen molar-refractivity contribution in [1.82, 2.24) is 0 Å². The number of benzene rings is 1. The summed E-state index contributed by atoms with van der Waals surface area (Å²) in [7, 11) is 0. The van der Waals surface area contributed by atoms with Crippen LogP contribution in [0.4, 0.5) is 11.4 Å². The highest BCUT2D eigenvalue weighted by atomic mass is 16.1. The van der Waals surface area contributed by atoms with E-state index < -0.39 is 0 Å². The van der Waals surface area contributed by atoms with Crippen LogP contribution in [0.15, 0.2) is 18.2 Å². The Kier molecular flexibility index (Phi) is 3.83. The van der Waals surface area contributed by atoms with Crippen LogP contribution in [0.3, 0.4) is 0 Å². The van der Waals surface area contributed by atoms with Crippen molar-refractivity contribution < 1.29 is 4.79 Å². The smallest absolute Gasteiger partial charge is 0.228 e. The van der Waals surface area contributed by atoms with E-state index >= 15 is 0 Å². The molecular weight excluding hydrogens is 236 g/mol. The molecule has 3 N–H and O–H groups in total. The topological polar surface area (TPSA) is 55.1 Å². The maximum absolute atomic E-state index is 12.5. The predicted molar refractivity (Wildman–Crippen MR) is 80.0 cm³/mol. The van der Waals surface area contributed by atoms with Gasteiger partial charge in [-0.2, -0.15) is 0 Å². The molecule has 1 fully saturated rings. The predicted octanol–water partition coefficient (Wildman–Crippen LogP) is 3.73. The summed E-state index contributed by atoms with van der Waals surface area (Å²) >= 11 is 0. The number of hydrogen-bond acceptors (Lipinski definition) is 2. The summed E-state index contributed by atoms with van der Waals surface area (Å²) in [6.07, 6.45) is 4.47. The van der Waals surface area contributed by atoms with E-state index in [1.807, 2.05) is 25.1 Å². The Hall–Kier alpha value is -1.51. The van der Waals surface area contributed by atoms with Gasteiger partial charge < -0.3 is 11.1 Å². The number of carbonyl (C=O) groups excluding carboxylic acids is 1. The van der Waals surface area contributed by atoms with Gasteiger partial charge in [0.15, 0.2) is 0 Å². The van der Waals surface area contributed by atoms with Gasteiger partial charge in [-0.05, 0) is 42.9 Å². The van der Waals surface area contributed by atoms with Gasteiger partial charge in [-0.25, -0.2) is 0 Å². The van der Waals surface area contributed by atoms with Gasteiger partial charge in [-0.3, -0.25) is 4.79 Å². The second kappa shape index (κ2) is 5.24. The number of anilines is 2. The summed E-state index contributed by atoms with van der Waals surface area (Å²) in [5.41, 5.74) is 8.48. The van der Waals surface area contributed by atoms with Crippen molar-refractivity contribution in [2.24, 2.45) is 11.3 Å². The van der Waals surface area contributed by atoms with E-state index in [0.29, 0.717) is 5.69 Å². The summed E-state index contributed by atoms with van der Waals surface area (Å²) in [4.78, 5) is 12.5. The summed E-state index contributed by atoms with van der Waals surface area (Å²) in [6.45, 7) is 6.38. The normalized spacial score (nSPS) is 21.9. The first-order valence-corrected chi connectivity index (χ1v) is 7.07. The van der Waals surface area contributed by atoms with Crippen LogP contribution in [0.2, 0.25) is 0 Å². The van der Waals surface area contributed by atoms with Gasteiger partial charge in [0.1, 0.15) is 0 Å². The summed E-state index contributed by atoms with van der Waals surface area (Å²) in [5, 5.41) is 3.01. The molecule has 1 aliphatic rings. The fourth-order valence-corrected chi connectivity index (χ4v) is 2.98. The molecule has 0 aromatic heterocycles. The van der Waals surface area contributed by atoms with E-state index in [1.165, 1.54) is 6.42 Å². The van der Waals surface area contributed by atoms with Crippen molar-refractivity contribution in [3.8, 4) is 0 Å². The van der Waals surface area contributed by atoms with Gasteiger partial charge in [-0.1, -0.05) is 32.8 Å². The third-order valence-corrected chi connectivity index (χ3v) is 4.29. The van der Waals surface area contributed by atoms with E-state index in [2.05, 4.69) is 19.2 Å². The first-order chi connectivity index (χ1) is 8.90. The Labute approximate surface area is 115 Å². The molecule has 1 saturated carbocycles. The second-order valence-electron chi connectivity index (χ2n) is 6.37. The fourth-order valence-electron chi connectivity index (χ4n) is 2.98. The highest BCUT2D eigenvalue weighted by molar-refractivity contribution is 5.95. The number of aryl methyl sites for hydroxylation is 1. The Bertz CT molecular complexity index is 480. The molecule has 1 unspecified atom stereocenters. The highest BCUT2D eigenvalue weighted by Gasteiger charge is 2.37. The summed E-state index contributed by atoms with van der Waals surface area (Å²) in [5.74, 6) is 0.197. The maximum Gasteiger partial charge on any atom is 0.228 e. The molecular formula is C16H24N2O. The lowest BCUT2D eigenvalue weighted by molar-refractivity contribution is -0.124. The van der Waals surface area contributed by atoms with Gasteiger partial charge in [0.05, 0.1) is 11.4 Å². The largest absolute Gasteiger partial charge is 0.397 e. The molecule has 0 heterocycles. The van der Waals surface area contributed by atoms with E-state index in [0.717, 1.165) is 30.5 Å². The van der Waals surface area contributed by atoms with Crippen LogP contribution in [0, 0.1) is 18.3 Å². The molecule has 1 aliphatic carbocycles. The molecule has 2 rings (SSSR count). The van der Waals surface area contributed by atoms with Crippen LogP contribution < -0.4 is 11.1 Å². The van der Waals surface area contributed by atoms with E-state index in [4.69, 9.17) is 5.73 Å². The Balaban J connectivity index is 2.14. The molecule has 0 bridgehead atoms. The minimum atomic E-state index is 0.0842. The highest BCUT2D eigenvalue weighted by Crippen LogP contribution is 2.41. The number of carbonyl (C=O) groups is 1. The van der Waals surface area contributed by atoms with E-state index in [-0.39, 0.29) is 17.2 Å². The molecule has 3 nitrogen and oxygen atoms in total. The van der Waals surface area contributed by atoms with Crippen LogP contribution in [0.5, 0.6) is 0 Å². The first kappa shape index (κ1) is 13.9. The van der Waals surface area contributed by atoms with Crippen LogP contribution in [0.25, 0.3) is 0 Å². The zero-order chi connectivity index (χ0) is 14.0. The zero-order valence-corrected chi connectivity index (χ0v) is 12.1. The average molecular weight is 260 g/mol. The third kappa shape index (κ3) is 3.09. The molecule has 0 radical (unpaired) electrons. The zero-order valence-electron chi connectivity index (χ0n) is 12.1. The fraction of sp³-hybridized carbons (Fsp3) is 0.562. The standard InChI is InChI=1S/C16H24N2O/c1-11-7-8-13(17)14(10-11)18-15(19)12-6-4-5-9-16(12,2)3/h7-8,10,12H,4-6,9,17H2,1-3H3,(H,18,19). The minimum absolute atomic E-state index is 0.0842. The SMILES string of the molecule is Cc1ccc(N)c(NC(=O)C2CCCCC2(C)C)c1. The second-order valence-corrected chi connectivity index (χ2v) is 6.37. The van der Waals surface area contributed by atoms with Crippen molar-refractivity contribution in [2.75, 3.05) is 11.1 Å². The van der Waals surface area contributed by atoms with Gasteiger partial charge >= 0.3 is 0 Å². The van der Waals surface area contributed by atoms with Gasteiger partial charge in [-0.15, -0.1) is 0 Å². The lowest BCUT2D eigenvalue weighted by Crippen LogP contribution is -2.37. The number of nitrogens with one attached hydrogen (secondary N) is 1. The Morgan fingerprint density at radius 3 is 2.79 bits per heavy atom. The number of nitrogens with two attached hydrogens (primary N) is 1. The maximum atomic E-state index is 12.5. The van der Waals surface area contributed by atoms with Crippen LogP contribution in [-0.4, -0.2) is 5.91 Å². The number of nitrogen functional groups attached to an aromatic ring is 1. The van der Waals surface area contributed by atoms with Crippen LogP contribution >= 0.6 is 0 Å². The lowest BCUT2D eigenvalue weighted by atomic mass is 9.68. The van der Waals surface area contributed by atoms with Crippen molar-refractivity contribution in [2.45, 2.75) is 46.5 Å². The molecule has 0 saturated heterocycles. The summed E-state index contributed by atoms with van der Waals surface area (Å²) < 4.78 is 0. The molecule has 1 atom stereocenters. The summed E-state index contributed by atoms with van der Waals surface area (Å²) in [6, 6.07) is 5.73. The van der Waals surface area contributed by atoms with Gasteiger partial charge in [0.2, 0.25) is 5.91 Å². The van der Waals surface area contributed by atoms with E-state index in [1.54, 1.807) is 0 Å². The van der Waals surface area contributed by atoms with Gasteiger partial charge in [0, 0.05) is 5.92 Å². The van der Waals surface area contributed by atoms with Crippen LogP contribution in [-0.2, 0) is 4.79 Å². The van der Waals surface area contributed by atoms with Crippen molar-refractivity contribution in [3.05, 3.63) is 23.8 Å². The van der Waals surface area contributed by atoms with Crippen molar-refractivity contribution in [3.63, 3.8) is 0 Å². The molecule has 0 aliphatic heterocycles. The van der Waals surface area contributed by atoms with Crippen molar-refractivity contribution in [1.29, 1.82) is 0 Å². The number of rotatable bonds is 2. The average Bonchev–Trinajstić information content (AvgIpc) is 2.33. The van der Waals surface area contributed by atoms with Crippen molar-refractivity contribution >= 4 is 17.3 Å². The Morgan fingerprint density at radius 1 is 1.37 bits per heavy atom. The lowest BCUT2D eigenvalue weighted by Gasteiger charge is -2.37. The first-order valence-electron chi connectivity index (χ1n) is 7.07. The molecule has 1 amide bonds. The third-order valence-electron chi connectivity index (χ3n) is 4.29. The van der Waals surface area contributed by atoms with Gasteiger partial charge in [0.25, 0.3) is 0 Å². The molecule has 104 valence electrons. The molecule has 3 heteroatoms. The minimum Gasteiger partial charge on any atom is -0.397 e. The van der Waals surface area contributed by atoms with E-state index in [9.17, 15) is 4.79 Å². The monoisotopic (exact) mass is 260 g/mol. The molecule has 1 aromatic carbocycles. The molecule has 19 heavy (non-hydrogen) atoms. The van der Waals surface area contributed by atoms with Crippen LogP contribution in [0.1, 0.15) is 45.1 Å². The number of hydrogen-bond donors (Lipinski definition) is 2. The Morgan fingerprint density at radius 2 is 2.11 bits per heavy atom. The number of amides is 1. The molecule has 0 spiro atoms. The quantitative estimate of drug-likeness (QED) is 0.796.